The minimum absolute atomic E-state index is 0.0481. The number of nitrogens with two attached hydrogens (primary N) is 1. The van der Waals surface area contributed by atoms with E-state index in [2.05, 4.69) is 15.2 Å². The molecule has 0 amide bonds. The Morgan fingerprint density at radius 2 is 2.21 bits per heavy atom. The monoisotopic (exact) mass is 278 g/mol. The Kier molecular flexibility index (Phi) is 3.43. The van der Waals surface area contributed by atoms with E-state index in [-0.39, 0.29) is 11.5 Å². The normalized spacial score (nSPS) is 10.7. The van der Waals surface area contributed by atoms with Crippen molar-refractivity contribution in [1.29, 1.82) is 5.41 Å². The van der Waals surface area contributed by atoms with Crippen molar-refractivity contribution in [2.75, 3.05) is 0 Å². The molecule has 0 aliphatic rings. The van der Waals surface area contributed by atoms with Crippen LogP contribution in [0.1, 0.15) is 16.8 Å². The van der Waals surface area contributed by atoms with Gasteiger partial charge in [0.15, 0.2) is 5.16 Å². The van der Waals surface area contributed by atoms with Crippen LogP contribution in [-0.4, -0.2) is 25.6 Å². The molecule has 2 rings (SSSR count). The molecule has 4 N–H and O–H groups in total. The van der Waals surface area contributed by atoms with Crippen LogP contribution in [0.3, 0.4) is 0 Å². The van der Waals surface area contributed by atoms with E-state index in [0.29, 0.717) is 15.7 Å². The summed E-state index contributed by atoms with van der Waals surface area (Å²) in [5.41, 5.74) is 7.58. The maximum Gasteiger partial charge on any atom is 0.343 e. The highest BCUT2D eigenvalue weighted by Gasteiger charge is 2.15. The van der Waals surface area contributed by atoms with Gasteiger partial charge in [-0.25, -0.2) is 14.9 Å². The minimum atomic E-state index is -0.295. The fourth-order valence-electron chi connectivity index (χ4n) is 1.71. The Labute approximate surface area is 113 Å². The predicted octanol–water partition coefficient (Wildman–Crippen LogP) is 0.556. The standard InChI is InChI=1S/C11H14N6OS/c1-5-4-6(2)14-9(7(5)8(12)13)19-11-16-15-10(18)17(11)3/h4H,1-3H3,(H3,12,13)(H,15,18). The van der Waals surface area contributed by atoms with Gasteiger partial charge in [-0.2, -0.15) is 0 Å². The molecular formula is C11H14N6OS. The van der Waals surface area contributed by atoms with Gasteiger partial charge < -0.3 is 5.73 Å². The molecule has 2 heterocycles. The first-order valence-electron chi connectivity index (χ1n) is 5.52. The number of nitrogen functional groups attached to an aromatic ring is 1. The molecule has 0 atom stereocenters. The zero-order valence-electron chi connectivity index (χ0n) is 10.8. The van der Waals surface area contributed by atoms with Crippen molar-refractivity contribution in [2.45, 2.75) is 24.0 Å². The third-order valence-corrected chi connectivity index (χ3v) is 3.64. The van der Waals surface area contributed by atoms with Crippen molar-refractivity contribution in [3.63, 3.8) is 0 Å². The van der Waals surface area contributed by atoms with Crippen LogP contribution in [-0.2, 0) is 7.05 Å². The highest BCUT2D eigenvalue weighted by Crippen LogP contribution is 2.28. The average molecular weight is 278 g/mol. The largest absolute Gasteiger partial charge is 0.384 e. The molecule has 0 spiro atoms. The lowest BCUT2D eigenvalue weighted by molar-refractivity contribution is 0.764. The summed E-state index contributed by atoms with van der Waals surface area (Å²) < 4.78 is 1.38. The van der Waals surface area contributed by atoms with Gasteiger partial charge in [-0.1, -0.05) is 0 Å². The van der Waals surface area contributed by atoms with Gasteiger partial charge >= 0.3 is 5.69 Å². The van der Waals surface area contributed by atoms with Gasteiger partial charge in [0.1, 0.15) is 10.9 Å². The van der Waals surface area contributed by atoms with E-state index in [1.165, 1.54) is 16.3 Å². The van der Waals surface area contributed by atoms with Crippen LogP contribution in [0.15, 0.2) is 21.0 Å². The molecule has 0 radical (unpaired) electrons. The van der Waals surface area contributed by atoms with E-state index < -0.39 is 0 Å². The maximum absolute atomic E-state index is 11.3. The lowest BCUT2D eigenvalue weighted by Crippen LogP contribution is -2.16. The summed E-state index contributed by atoms with van der Waals surface area (Å²) >= 11 is 1.21. The SMILES string of the molecule is Cc1cc(C)c(C(=N)N)c(Sc2n[nH]c(=O)n2C)n1. The molecule has 19 heavy (non-hydrogen) atoms. The number of rotatable bonds is 3. The topological polar surface area (TPSA) is 113 Å². The van der Waals surface area contributed by atoms with Crippen molar-refractivity contribution in [3.8, 4) is 0 Å². The Balaban J connectivity index is 2.53. The number of amidine groups is 1. The number of aromatic nitrogens is 4. The highest BCUT2D eigenvalue weighted by atomic mass is 32.2. The highest BCUT2D eigenvalue weighted by molar-refractivity contribution is 7.99. The summed E-state index contributed by atoms with van der Waals surface area (Å²) in [7, 11) is 1.62. The maximum atomic E-state index is 11.3. The van der Waals surface area contributed by atoms with Crippen LogP contribution < -0.4 is 11.4 Å². The molecule has 0 saturated carbocycles. The molecule has 100 valence electrons. The molecule has 2 aromatic heterocycles. The van der Waals surface area contributed by atoms with E-state index in [1.807, 2.05) is 19.9 Å². The molecule has 0 aliphatic carbocycles. The van der Waals surface area contributed by atoms with E-state index in [4.69, 9.17) is 11.1 Å². The van der Waals surface area contributed by atoms with Crippen LogP contribution in [0, 0.1) is 19.3 Å². The van der Waals surface area contributed by atoms with Crippen LogP contribution in [0.25, 0.3) is 0 Å². The summed E-state index contributed by atoms with van der Waals surface area (Å²) in [4.78, 5) is 15.7. The van der Waals surface area contributed by atoms with Gasteiger partial charge in [-0.05, 0) is 37.2 Å². The number of aryl methyl sites for hydroxylation is 2. The fourth-order valence-corrected chi connectivity index (χ4v) is 2.76. The smallest absolute Gasteiger partial charge is 0.343 e. The van der Waals surface area contributed by atoms with Gasteiger partial charge in [0.25, 0.3) is 0 Å². The number of nitrogens with zero attached hydrogens (tertiary/aromatic N) is 3. The molecule has 2 aromatic rings. The predicted molar refractivity (Wildman–Crippen MR) is 72.7 cm³/mol. The van der Waals surface area contributed by atoms with Crippen molar-refractivity contribution in [1.82, 2.24) is 19.7 Å². The van der Waals surface area contributed by atoms with Crippen LogP contribution in [0.4, 0.5) is 0 Å². The van der Waals surface area contributed by atoms with Crippen molar-refractivity contribution < 1.29 is 0 Å². The first-order chi connectivity index (χ1) is 8.90. The summed E-state index contributed by atoms with van der Waals surface area (Å²) in [6.45, 7) is 3.74. The minimum Gasteiger partial charge on any atom is -0.384 e. The second-order valence-corrected chi connectivity index (χ2v) is 5.10. The molecule has 0 bridgehead atoms. The number of nitrogens with one attached hydrogen (secondary N) is 2. The summed E-state index contributed by atoms with van der Waals surface area (Å²) in [5.74, 6) is -0.0481. The number of H-pyrrole nitrogens is 1. The number of hydrogen-bond donors (Lipinski definition) is 3. The van der Waals surface area contributed by atoms with E-state index in [0.717, 1.165) is 11.3 Å². The zero-order valence-corrected chi connectivity index (χ0v) is 11.6. The zero-order chi connectivity index (χ0) is 14.2. The quantitative estimate of drug-likeness (QED) is 0.560. The first kappa shape index (κ1) is 13.3. The van der Waals surface area contributed by atoms with Crippen LogP contribution in [0.2, 0.25) is 0 Å². The second kappa shape index (κ2) is 4.88. The number of hydrogen-bond acceptors (Lipinski definition) is 5. The Morgan fingerprint density at radius 3 is 2.74 bits per heavy atom. The molecule has 0 aromatic carbocycles. The lowest BCUT2D eigenvalue weighted by atomic mass is 10.1. The third kappa shape index (κ3) is 2.53. The van der Waals surface area contributed by atoms with Gasteiger partial charge in [0.2, 0.25) is 0 Å². The van der Waals surface area contributed by atoms with Crippen molar-refractivity contribution in [2.24, 2.45) is 12.8 Å². The van der Waals surface area contributed by atoms with Crippen molar-refractivity contribution in [3.05, 3.63) is 33.4 Å². The van der Waals surface area contributed by atoms with Gasteiger partial charge in [-0.3, -0.25) is 9.98 Å². The Morgan fingerprint density at radius 1 is 1.53 bits per heavy atom. The van der Waals surface area contributed by atoms with Gasteiger partial charge in [0.05, 0.1) is 5.56 Å². The van der Waals surface area contributed by atoms with E-state index in [9.17, 15) is 4.79 Å². The first-order valence-corrected chi connectivity index (χ1v) is 6.33. The van der Waals surface area contributed by atoms with E-state index in [1.54, 1.807) is 7.05 Å². The number of aromatic amines is 1. The summed E-state index contributed by atoms with van der Waals surface area (Å²) in [5, 5.41) is 15.0. The summed E-state index contributed by atoms with van der Waals surface area (Å²) in [6, 6.07) is 1.87. The molecule has 7 nitrogen and oxygen atoms in total. The number of pyridine rings is 1. The fraction of sp³-hybridized carbons (Fsp3) is 0.273. The Hall–Kier alpha value is -2.09. The summed E-state index contributed by atoms with van der Waals surface area (Å²) in [6.07, 6.45) is 0. The van der Waals surface area contributed by atoms with Crippen LogP contribution >= 0.6 is 11.8 Å². The molecule has 0 unspecified atom stereocenters. The Bertz CT molecular complexity index is 702. The molecule has 8 heteroatoms. The van der Waals surface area contributed by atoms with Gasteiger partial charge in [0, 0.05) is 12.7 Å². The molecular weight excluding hydrogens is 264 g/mol. The molecule has 0 fully saturated rings. The van der Waals surface area contributed by atoms with E-state index >= 15 is 0 Å². The lowest BCUT2D eigenvalue weighted by Gasteiger charge is -2.10. The van der Waals surface area contributed by atoms with Crippen molar-refractivity contribution >= 4 is 17.6 Å². The average Bonchev–Trinajstić information content (AvgIpc) is 2.59. The molecule has 0 aliphatic heterocycles. The second-order valence-electron chi connectivity index (χ2n) is 4.15. The third-order valence-electron chi connectivity index (χ3n) is 2.61. The van der Waals surface area contributed by atoms with Gasteiger partial charge in [-0.15, -0.1) is 5.10 Å². The molecule has 0 saturated heterocycles. The van der Waals surface area contributed by atoms with Crippen LogP contribution in [0.5, 0.6) is 0 Å².